The second-order valence-corrected chi connectivity index (χ2v) is 5.88. The Morgan fingerprint density at radius 2 is 1.81 bits per heavy atom. The maximum Gasteiger partial charge on any atom is 0.233 e. The van der Waals surface area contributed by atoms with E-state index in [1.54, 1.807) is 19.2 Å². The molecule has 0 bridgehead atoms. The van der Waals surface area contributed by atoms with E-state index in [4.69, 9.17) is 9.47 Å². The Hall–Kier alpha value is -3.02. The number of aryl methyl sites for hydroxylation is 1. The Morgan fingerprint density at radius 1 is 1.00 bits per heavy atom. The predicted octanol–water partition coefficient (Wildman–Crippen LogP) is 2.70. The summed E-state index contributed by atoms with van der Waals surface area (Å²) < 4.78 is 10.4. The number of amides is 2. The smallest absolute Gasteiger partial charge is 0.233 e. The molecule has 0 fully saturated rings. The van der Waals surface area contributed by atoms with Crippen LogP contribution in [0.1, 0.15) is 17.5 Å². The lowest BCUT2D eigenvalue weighted by Crippen LogP contribution is -2.29. The molecule has 6 nitrogen and oxygen atoms in total. The van der Waals surface area contributed by atoms with Crippen LogP contribution in [0.3, 0.4) is 0 Å². The van der Waals surface area contributed by atoms with Gasteiger partial charge in [0.2, 0.25) is 11.8 Å². The molecule has 0 saturated heterocycles. The van der Waals surface area contributed by atoms with E-state index in [0.717, 1.165) is 16.9 Å². The number of anilines is 1. The third-order valence-electron chi connectivity index (χ3n) is 3.82. The van der Waals surface area contributed by atoms with Crippen LogP contribution < -0.4 is 20.1 Å². The number of rotatable bonds is 8. The van der Waals surface area contributed by atoms with Gasteiger partial charge >= 0.3 is 0 Å². The summed E-state index contributed by atoms with van der Waals surface area (Å²) in [7, 11) is 3.15. The van der Waals surface area contributed by atoms with Gasteiger partial charge in [0.05, 0.1) is 19.9 Å². The summed E-state index contributed by atoms with van der Waals surface area (Å²) in [5, 5.41) is 5.47. The number of carbonyl (C=O) groups excluding carboxylic acids is 2. The van der Waals surface area contributed by atoms with E-state index >= 15 is 0 Å². The van der Waals surface area contributed by atoms with Crippen LogP contribution in [-0.2, 0) is 16.0 Å². The highest BCUT2D eigenvalue weighted by Crippen LogP contribution is 2.25. The van der Waals surface area contributed by atoms with Crippen molar-refractivity contribution in [1.82, 2.24) is 5.32 Å². The van der Waals surface area contributed by atoms with Gasteiger partial charge in [-0.1, -0.05) is 18.2 Å². The lowest BCUT2D eigenvalue weighted by molar-refractivity contribution is -0.126. The molecule has 0 unspecified atom stereocenters. The van der Waals surface area contributed by atoms with Gasteiger partial charge in [-0.3, -0.25) is 9.59 Å². The maximum atomic E-state index is 12.1. The fourth-order valence-corrected chi connectivity index (χ4v) is 2.50. The number of benzene rings is 2. The van der Waals surface area contributed by atoms with Crippen LogP contribution in [0.25, 0.3) is 0 Å². The summed E-state index contributed by atoms with van der Waals surface area (Å²) in [5.74, 6) is 0.632. The topological polar surface area (TPSA) is 76.7 Å². The third-order valence-corrected chi connectivity index (χ3v) is 3.82. The van der Waals surface area contributed by atoms with Crippen molar-refractivity contribution in [2.24, 2.45) is 0 Å². The molecule has 2 aromatic rings. The van der Waals surface area contributed by atoms with Gasteiger partial charge in [0, 0.05) is 6.54 Å². The first-order valence-corrected chi connectivity index (χ1v) is 8.36. The molecule has 0 aliphatic carbocycles. The summed E-state index contributed by atoms with van der Waals surface area (Å²) in [6.45, 7) is 2.37. The summed E-state index contributed by atoms with van der Waals surface area (Å²) in [5.41, 5.74) is 2.60. The minimum atomic E-state index is -0.382. The molecule has 2 amide bonds. The van der Waals surface area contributed by atoms with Gasteiger partial charge in [0.25, 0.3) is 0 Å². The number of hydrogen-bond donors (Lipinski definition) is 2. The van der Waals surface area contributed by atoms with E-state index in [0.29, 0.717) is 24.4 Å². The second kappa shape index (κ2) is 9.46. The monoisotopic (exact) mass is 356 g/mol. The zero-order valence-electron chi connectivity index (χ0n) is 15.3. The standard InChI is InChI=1S/C20H24N2O4/c1-14-7-8-18(26-3)17(11-14)22-20(24)13-19(23)21-10-9-15-5-4-6-16(12-15)25-2/h4-8,11-12H,9-10,13H2,1-3H3,(H,21,23)(H,22,24). The van der Waals surface area contributed by atoms with Gasteiger partial charge < -0.3 is 20.1 Å². The van der Waals surface area contributed by atoms with E-state index in [2.05, 4.69) is 10.6 Å². The number of methoxy groups -OCH3 is 2. The second-order valence-electron chi connectivity index (χ2n) is 5.88. The number of ether oxygens (including phenoxy) is 2. The van der Waals surface area contributed by atoms with Crippen molar-refractivity contribution < 1.29 is 19.1 Å². The average Bonchev–Trinajstić information content (AvgIpc) is 2.62. The summed E-state index contributed by atoms with van der Waals surface area (Å²) in [6, 6.07) is 13.1. The normalized spacial score (nSPS) is 10.1. The number of hydrogen-bond acceptors (Lipinski definition) is 4. The molecule has 0 saturated carbocycles. The fourth-order valence-electron chi connectivity index (χ4n) is 2.50. The number of nitrogens with one attached hydrogen (secondary N) is 2. The Bertz CT molecular complexity index is 774. The average molecular weight is 356 g/mol. The first-order chi connectivity index (χ1) is 12.5. The van der Waals surface area contributed by atoms with Crippen molar-refractivity contribution in [3.05, 3.63) is 53.6 Å². The van der Waals surface area contributed by atoms with Crippen LogP contribution in [-0.4, -0.2) is 32.6 Å². The molecule has 0 aliphatic heterocycles. The molecule has 0 aromatic heterocycles. The van der Waals surface area contributed by atoms with Crippen LogP contribution in [0.5, 0.6) is 11.5 Å². The molecule has 138 valence electrons. The SMILES string of the molecule is COc1cccc(CCNC(=O)CC(=O)Nc2cc(C)ccc2OC)c1. The van der Waals surface area contributed by atoms with Crippen LogP contribution >= 0.6 is 0 Å². The number of carbonyl (C=O) groups is 2. The van der Waals surface area contributed by atoms with Crippen molar-refractivity contribution in [2.45, 2.75) is 19.8 Å². The summed E-state index contributed by atoms with van der Waals surface area (Å²) in [6.07, 6.45) is 0.422. The molecule has 0 spiro atoms. The van der Waals surface area contributed by atoms with Gasteiger partial charge in [-0.25, -0.2) is 0 Å². The summed E-state index contributed by atoms with van der Waals surface area (Å²) in [4.78, 5) is 24.0. The van der Waals surface area contributed by atoms with Gasteiger partial charge in [-0.2, -0.15) is 0 Å². The molecule has 0 radical (unpaired) electrons. The highest BCUT2D eigenvalue weighted by Gasteiger charge is 2.12. The molecule has 2 aromatic carbocycles. The van der Waals surface area contributed by atoms with Crippen molar-refractivity contribution in [2.75, 3.05) is 26.1 Å². The summed E-state index contributed by atoms with van der Waals surface area (Å²) >= 11 is 0. The van der Waals surface area contributed by atoms with Crippen molar-refractivity contribution in [3.63, 3.8) is 0 Å². The van der Waals surface area contributed by atoms with E-state index in [-0.39, 0.29) is 18.2 Å². The molecule has 2 rings (SSSR count). The first-order valence-electron chi connectivity index (χ1n) is 8.36. The van der Waals surface area contributed by atoms with E-state index in [1.165, 1.54) is 7.11 Å². The van der Waals surface area contributed by atoms with E-state index < -0.39 is 0 Å². The quantitative estimate of drug-likeness (QED) is 0.713. The Balaban J connectivity index is 1.80. The van der Waals surface area contributed by atoms with Gasteiger partial charge in [-0.05, 0) is 48.7 Å². The van der Waals surface area contributed by atoms with Crippen LogP contribution in [0, 0.1) is 6.92 Å². The van der Waals surface area contributed by atoms with Crippen LogP contribution in [0.2, 0.25) is 0 Å². The van der Waals surface area contributed by atoms with Crippen molar-refractivity contribution >= 4 is 17.5 Å². The van der Waals surface area contributed by atoms with Crippen LogP contribution in [0.15, 0.2) is 42.5 Å². The Kier molecular flexibility index (Phi) is 7.02. The molecular weight excluding hydrogens is 332 g/mol. The molecular formula is C20H24N2O4. The fraction of sp³-hybridized carbons (Fsp3) is 0.300. The van der Waals surface area contributed by atoms with Crippen molar-refractivity contribution in [1.29, 1.82) is 0 Å². The van der Waals surface area contributed by atoms with Gasteiger partial charge in [0.1, 0.15) is 17.9 Å². The van der Waals surface area contributed by atoms with Gasteiger partial charge in [0.15, 0.2) is 0 Å². The highest BCUT2D eigenvalue weighted by molar-refractivity contribution is 6.04. The lowest BCUT2D eigenvalue weighted by Gasteiger charge is -2.11. The van der Waals surface area contributed by atoms with Crippen LogP contribution in [0.4, 0.5) is 5.69 Å². The first kappa shape index (κ1) is 19.3. The zero-order chi connectivity index (χ0) is 18.9. The minimum Gasteiger partial charge on any atom is -0.497 e. The lowest BCUT2D eigenvalue weighted by atomic mass is 10.1. The Morgan fingerprint density at radius 3 is 2.54 bits per heavy atom. The maximum absolute atomic E-state index is 12.1. The van der Waals surface area contributed by atoms with E-state index in [1.807, 2.05) is 37.3 Å². The molecule has 2 N–H and O–H groups in total. The predicted molar refractivity (Wildman–Crippen MR) is 101 cm³/mol. The Labute approximate surface area is 153 Å². The molecule has 26 heavy (non-hydrogen) atoms. The molecule has 0 heterocycles. The zero-order valence-corrected chi connectivity index (χ0v) is 15.3. The third kappa shape index (κ3) is 5.81. The highest BCUT2D eigenvalue weighted by atomic mass is 16.5. The van der Waals surface area contributed by atoms with Crippen molar-refractivity contribution in [3.8, 4) is 11.5 Å². The van der Waals surface area contributed by atoms with Gasteiger partial charge in [-0.15, -0.1) is 0 Å². The molecule has 0 atom stereocenters. The largest absolute Gasteiger partial charge is 0.497 e. The molecule has 0 aliphatic rings. The minimum absolute atomic E-state index is 0.241. The van der Waals surface area contributed by atoms with E-state index in [9.17, 15) is 9.59 Å². The molecule has 6 heteroatoms.